The van der Waals surface area contributed by atoms with Crippen molar-refractivity contribution in [1.82, 2.24) is 5.32 Å². The topological polar surface area (TPSA) is 58.6 Å². The van der Waals surface area contributed by atoms with E-state index in [1.807, 2.05) is 25.1 Å². The molecule has 0 amide bonds. The first-order valence-electron chi connectivity index (χ1n) is 9.62. The summed E-state index contributed by atoms with van der Waals surface area (Å²) in [6.07, 6.45) is 4.86. The standard InChI is InChI=1S/C22H31NO3/c1-4-23-17-11-16-21(2,3)26-20(24)22(25,18-12-7-5-8-13-18)19-14-9-6-10-15-19/h5,7-8,12-13,19,23,25H,4,6,9-10,14-15,17H2,1-3H3/t22-/m1/s1. The van der Waals surface area contributed by atoms with E-state index >= 15 is 0 Å². The smallest absolute Gasteiger partial charge is 0.344 e. The van der Waals surface area contributed by atoms with Crippen molar-refractivity contribution in [3.05, 3.63) is 35.9 Å². The lowest BCUT2D eigenvalue weighted by molar-refractivity contribution is -0.184. The predicted octanol–water partition coefficient (Wildman–Crippen LogP) is 3.39. The zero-order valence-corrected chi connectivity index (χ0v) is 16.2. The lowest BCUT2D eigenvalue weighted by atomic mass is 9.73. The molecule has 1 fully saturated rings. The minimum Gasteiger partial charge on any atom is -0.444 e. The molecule has 0 aliphatic heterocycles. The Kier molecular flexibility index (Phi) is 7.25. The zero-order valence-electron chi connectivity index (χ0n) is 16.2. The Labute approximate surface area is 157 Å². The molecule has 0 heterocycles. The molecule has 1 aromatic rings. The minimum atomic E-state index is -1.62. The third-order valence-corrected chi connectivity index (χ3v) is 4.92. The van der Waals surface area contributed by atoms with Crippen LogP contribution in [0.15, 0.2) is 30.3 Å². The molecule has 4 heteroatoms. The first-order valence-corrected chi connectivity index (χ1v) is 9.62. The number of ether oxygens (including phenoxy) is 1. The summed E-state index contributed by atoms with van der Waals surface area (Å²) in [7, 11) is 0. The highest BCUT2D eigenvalue weighted by atomic mass is 16.6. The summed E-state index contributed by atoms with van der Waals surface area (Å²) in [6.45, 7) is 6.91. The summed E-state index contributed by atoms with van der Waals surface area (Å²) in [4.78, 5) is 13.1. The second-order valence-electron chi connectivity index (χ2n) is 7.45. The molecule has 0 radical (unpaired) electrons. The van der Waals surface area contributed by atoms with E-state index < -0.39 is 17.2 Å². The number of carbonyl (C=O) groups excluding carboxylic acids is 1. The molecule has 1 aliphatic carbocycles. The van der Waals surface area contributed by atoms with E-state index in [2.05, 4.69) is 17.2 Å². The fourth-order valence-corrected chi connectivity index (χ4v) is 3.51. The molecule has 0 saturated heterocycles. The second-order valence-corrected chi connectivity index (χ2v) is 7.45. The molecule has 1 atom stereocenters. The van der Waals surface area contributed by atoms with E-state index in [-0.39, 0.29) is 5.92 Å². The molecule has 26 heavy (non-hydrogen) atoms. The largest absolute Gasteiger partial charge is 0.444 e. The van der Waals surface area contributed by atoms with Crippen molar-refractivity contribution >= 4 is 5.97 Å². The predicted molar refractivity (Wildman–Crippen MR) is 103 cm³/mol. The van der Waals surface area contributed by atoms with Gasteiger partial charge in [-0.25, -0.2) is 4.79 Å². The van der Waals surface area contributed by atoms with Crippen molar-refractivity contribution in [3.63, 3.8) is 0 Å². The van der Waals surface area contributed by atoms with E-state index in [9.17, 15) is 9.90 Å². The fourth-order valence-electron chi connectivity index (χ4n) is 3.51. The van der Waals surface area contributed by atoms with Crippen LogP contribution in [0.3, 0.4) is 0 Å². The van der Waals surface area contributed by atoms with Crippen LogP contribution in [-0.4, -0.2) is 29.8 Å². The number of aliphatic hydroxyl groups is 1. The molecule has 1 aromatic carbocycles. The Morgan fingerprint density at radius 1 is 1.23 bits per heavy atom. The molecule has 4 nitrogen and oxygen atoms in total. The number of hydrogen-bond donors (Lipinski definition) is 2. The SMILES string of the molecule is CCNCC#CC(C)(C)OC(=O)[C@@](O)(c1ccccc1)C1CCCCC1. The van der Waals surface area contributed by atoms with E-state index in [0.29, 0.717) is 12.1 Å². The van der Waals surface area contributed by atoms with Crippen LogP contribution in [0.25, 0.3) is 0 Å². The van der Waals surface area contributed by atoms with E-state index in [1.165, 1.54) is 0 Å². The molecule has 1 saturated carbocycles. The number of esters is 1. The van der Waals surface area contributed by atoms with Crippen LogP contribution >= 0.6 is 0 Å². The van der Waals surface area contributed by atoms with Gasteiger partial charge in [-0.1, -0.05) is 68.4 Å². The van der Waals surface area contributed by atoms with Gasteiger partial charge in [0.15, 0.2) is 11.2 Å². The van der Waals surface area contributed by atoms with E-state index in [4.69, 9.17) is 4.74 Å². The van der Waals surface area contributed by atoms with Crippen LogP contribution in [0.1, 0.15) is 58.4 Å². The third kappa shape index (κ3) is 5.09. The molecule has 1 aliphatic rings. The van der Waals surface area contributed by atoms with Crippen molar-refractivity contribution in [2.24, 2.45) is 5.92 Å². The first-order chi connectivity index (χ1) is 12.4. The number of nitrogens with one attached hydrogen (secondary N) is 1. The van der Waals surface area contributed by atoms with Crippen molar-refractivity contribution < 1.29 is 14.6 Å². The summed E-state index contributed by atoms with van der Waals surface area (Å²) >= 11 is 0. The highest BCUT2D eigenvalue weighted by Gasteiger charge is 2.48. The molecular weight excluding hydrogens is 326 g/mol. The van der Waals surface area contributed by atoms with Gasteiger partial charge in [-0.05, 0) is 38.8 Å². The molecular formula is C22H31NO3. The average molecular weight is 357 g/mol. The van der Waals surface area contributed by atoms with Crippen LogP contribution in [0.2, 0.25) is 0 Å². The van der Waals surface area contributed by atoms with Gasteiger partial charge >= 0.3 is 5.97 Å². The van der Waals surface area contributed by atoms with E-state index in [1.54, 1.807) is 26.0 Å². The van der Waals surface area contributed by atoms with Gasteiger partial charge in [0.1, 0.15) is 0 Å². The van der Waals surface area contributed by atoms with Crippen molar-refractivity contribution in [3.8, 4) is 11.8 Å². The summed E-state index contributed by atoms with van der Waals surface area (Å²) < 4.78 is 5.70. The van der Waals surface area contributed by atoms with Crippen molar-refractivity contribution in [2.75, 3.05) is 13.1 Å². The highest BCUT2D eigenvalue weighted by Crippen LogP contribution is 2.41. The molecule has 0 aromatic heterocycles. The average Bonchev–Trinajstić information content (AvgIpc) is 2.65. The normalized spacial score (nSPS) is 17.7. The Morgan fingerprint density at radius 3 is 2.50 bits per heavy atom. The van der Waals surface area contributed by atoms with Gasteiger partial charge in [-0.2, -0.15) is 0 Å². The van der Waals surface area contributed by atoms with E-state index in [0.717, 1.165) is 38.6 Å². The first kappa shape index (κ1) is 20.5. The zero-order chi connectivity index (χ0) is 19.0. The molecule has 0 unspecified atom stereocenters. The summed E-state index contributed by atoms with van der Waals surface area (Å²) in [5.74, 6) is 5.24. The van der Waals surface area contributed by atoms with Gasteiger partial charge in [-0.3, -0.25) is 0 Å². The van der Waals surface area contributed by atoms with Crippen LogP contribution in [-0.2, 0) is 15.1 Å². The van der Waals surface area contributed by atoms with Crippen molar-refractivity contribution in [1.29, 1.82) is 0 Å². The Morgan fingerprint density at radius 2 is 1.88 bits per heavy atom. The highest BCUT2D eigenvalue weighted by molar-refractivity contribution is 5.82. The lowest BCUT2D eigenvalue weighted by Crippen LogP contribution is -2.47. The molecule has 2 rings (SSSR count). The summed E-state index contributed by atoms with van der Waals surface area (Å²) in [5, 5.41) is 14.6. The van der Waals surface area contributed by atoms with Crippen LogP contribution in [0, 0.1) is 17.8 Å². The Bertz CT molecular complexity index is 638. The molecule has 2 N–H and O–H groups in total. The van der Waals surface area contributed by atoms with Crippen LogP contribution < -0.4 is 5.32 Å². The second kappa shape index (κ2) is 9.21. The maximum absolute atomic E-state index is 13.1. The lowest BCUT2D eigenvalue weighted by Gasteiger charge is -2.38. The number of carbonyl (C=O) groups is 1. The van der Waals surface area contributed by atoms with Gasteiger partial charge < -0.3 is 15.2 Å². The van der Waals surface area contributed by atoms with Gasteiger partial charge in [0.2, 0.25) is 0 Å². The summed E-state index contributed by atoms with van der Waals surface area (Å²) in [5.41, 5.74) is -1.97. The maximum atomic E-state index is 13.1. The van der Waals surface area contributed by atoms with Gasteiger partial charge in [0.05, 0.1) is 6.54 Å². The Balaban J connectivity index is 2.24. The van der Waals surface area contributed by atoms with Gasteiger partial charge in [0.25, 0.3) is 0 Å². The molecule has 142 valence electrons. The van der Waals surface area contributed by atoms with Gasteiger partial charge in [0, 0.05) is 5.92 Å². The third-order valence-electron chi connectivity index (χ3n) is 4.92. The van der Waals surface area contributed by atoms with Crippen LogP contribution in [0.5, 0.6) is 0 Å². The number of hydrogen-bond acceptors (Lipinski definition) is 4. The quantitative estimate of drug-likeness (QED) is 0.465. The van der Waals surface area contributed by atoms with Crippen molar-refractivity contribution in [2.45, 2.75) is 64.1 Å². The summed E-state index contributed by atoms with van der Waals surface area (Å²) in [6, 6.07) is 9.18. The van der Waals surface area contributed by atoms with Gasteiger partial charge in [-0.15, -0.1) is 0 Å². The molecule has 0 spiro atoms. The Hall–Kier alpha value is -1.83. The monoisotopic (exact) mass is 357 g/mol. The maximum Gasteiger partial charge on any atom is 0.344 e. The molecule has 0 bridgehead atoms. The number of rotatable bonds is 6. The minimum absolute atomic E-state index is 0.128. The van der Waals surface area contributed by atoms with Crippen LogP contribution in [0.4, 0.5) is 0 Å². The number of benzene rings is 1. The fraction of sp³-hybridized carbons (Fsp3) is 0.591.